The second kappa shape index (κ2) is 9.58. The lowest BCUT2D eigenvalue weighted by Gasteiger charge is -2.20. The number of fused-ring (bicyclic) bond motifs is 3. The zero-order chi connectivity index (χ0) is 24.4. The van der Waals surface area contributed by atoms with E-state index in [2.05, 4.69) is 5.32 Å². The number of nitro benzene ring substituents is 1. The van der Waals surface area contributed by atoms with Crippen LogP contribution in [0, 0.1) is 22.9 Å². The standard InChI is InChI=1S/C25H23FN2O6/c1-14-10-21(26)19(11-22(14)28(32)33)24(30)23(29)12-27-25(31)34-13-20-17-8-4-2-6-15(17)16-7-3-5-9-18(16)20/h2-11,20,23-24,29-30H,12-13H2,1H3,(H,27,31). The van der Waals surface area contributed by atoms with Crippen molar-refractivity contribution in [2.24, 2.45) is 0 Å². The Balaban J connectivity index is 1.37. The number of halogens is 1. The summed E-state index contributed by atoms with van der Waals surface area (Å²) >= 11 is 0. The number of ether oxygens (including phenoxy) is 1. The Morgan fingerprint density at radius 3 is 2.29 bits per heavy atom. The van der Waals surface area contributed by atoms with Crippen molar-refractivity contribution in [1.29, 1.82) is 0 Å². The maximum atomic E-state index is 14.2. The van der Waals surface area contributed by atoms with Crippen LogP contribution in [0.15, 0.2) is 60.7 Å². The first kappa shape index (κ1) is 23.3. The Kier molecular flexibility index (Phi) is 6.58. The number of nitrogens with zero attached hydrogens (tertiary/aromatic N) is 1. The molecule has 0 bridgehead atoms. The highest BCUT2D eigenvalue weighted by molar-refractivity contribution is 5.79. The molecule has 0 fully saturated rings. The summed E-state index contributed by atoms with van der Waals surface area (Å²) in [5, 5.41) is 34.0. The van der Waals surface area contributed by atoms with E-state index in [0.29, 0.717) is 0 Å². The van der Waals surface area contributed by atoms with Crippen molar-refractivity contribution in [2.75, 3.05) is 13.2 Å². The largest absolute Gasteiger partial charge is 0.449 e. The number of hydrogen-bond acceptors (Lipinski definition) is 6. The van der Waals surface area contributed by atoms with Gasteiger partial charge in [-0.15, -0.1) is 0 Å². The van der Waals surface area contributed by atoms with E-state index in [4.69, 9.17) is 4.74 Å². The lowest BCUT2D eigenvalue weighted by atomic mass is 9.98. The number of alkyl carbamates (subject to hydrolysis) is 1. The summed E-state index contributed by atoms with van der Waals surface area (Å²) in [4.78, 5) is 22.6. The van der Waals surface area contributed by atoms with Crippen molar-refractivity contribution in [1.82, 2.24) is 5.32 Å². The number of aliphatic hydroxyl groups excluding tert-OH is 2. The van der Waals surface area contributed by atoms with E-state index in [0.717, 1.165) is 34.4 Å². The van der Waals surface area contributed by atoms with Crippen LogP contribution in [-0.2, 0) is 4.74 Å². The van der Waals surface area contributed by atoms with Crippen LogP contribution >= 0.6 is 0 Å². The van der Waals surface area contributed by atoms with Crippen molar-refractivity contribution < 1.29 is 29.1 Å². The average Bonchev–Trinajstić information content (AvgIpc) is 3.14. The summed E-state index contributed by atoms with van der Waals surface area (Å²) in [6.45, 7) is 0.989. The minimum Gasteiger partial charge on any atom is -0.449 e. The van der Waals surface area contributed by atoms with Gasteiger partial charge in [-0.1, -0.05) is 48.5 Å². The summed E-state index contributed by atoms with van der Waals surface area (Å²) in [6, 6.07) is 17.5. The van der Waals surface area contributed by atoms with Gasteiger partial charge < -0.3 is 20.3 Å². The van der Waals surface area contributed by atoms with Crippen molar-refractivity contribution in [3.63, 3.8) is 0 Å². The summed E-state index contributed by atoms with van der Waals surface area (Å²) < 4.78 is 19.6. The average molecular weight is 466 g/mol. The summed E-state index contributed by atoms with van der Waals surface area (Å²) in [7, 11) is 0. The molecule has 3 N–H and O–H groups in total. The van der Waals surface area contributed by atoms with Crippen molar-refractivity contribution in [2.45, 2.75) is 25.0 Å². The number of hydrogen-bond donors (Lipinski definition) is 3. The number of aryl methyl sites for hydroxylation is 1. The van der Waals surface area contributed by atoms with Crippen LogP contribution in [0.1, 0.15) is 34.3 Å². The molecule has 9 heteroatoms. The third-order valence-corrected chi connectivity index (χ3v) is 5.99. The van der Waals surface area contributed by atoms with Gasteiger partial charge in [0.15, 0.2) is 0 Å². The van der Waals surface area contributed by atoms with Crippen molar-refractivity contribution in [3.8, 4) is 11.1 Å². The zero-order valence-corrected chi connectivity index (χ0v) is 18.3. The third kappa shape index (κ3) is 4.48. The van der Waals surface area contributed by atoms with Crippen LogP contribution in [0.25, 0.3) is 11.1 Å². The maximum absolute atomic E-state index is 14.2. The predicted octanol–water partition coefficient (Wildman–Crippen LogP) is 3.98. The molecule has 1 aliphatic rings. The first-order valence-corrected chi connectivity index (χ1v) is 10.7. The molecule has 3 aromatic rings. The van der Waals surface area contributed by atoms with Crippen LogP contribution in [0.5, 0.6) is 0 Å². The van der Waals surface area contributed by atoms with Gasteiger partial charge in [0.25, 0.3) is 5.69 Å². The first-order valence-electron chi connectivity index (χ1n) is 10.7. The van der Waals surface area contributed by atoms with E-state index in [1.807, 2.05) is 48.5 Å². The Labute approximate surface area is 194 Å². The highest BCUT2D eigenvalue weighted by atomic mass is 19.1. The molecule has 0 saturated heterocycles. The molecular weight excluding hydrogens is 443 g/mol. The normalized spacial score (nSPS) is 14.1. The van der Waals surface area contributed by atoms with Gasteiger partial charge in [-0.3, -0.25) is 10.1 Å². The number of carbonyl (C=O) groups excluding carboxylic acids is 1. The SMILES string of the molecule is Cc1cc(F)c(C(O)C(O)CNC(=O)OCC2c3ccccc3-c3ccccc32)cc1[N+](=O)[O-]. The van der Waals surface area contributed by atoms with Crippen LogP contribution in [0.2, 0.25) is 0 Å². The van der Waals surface area contributed by atoms with Gasteiger partial charge in [0.1, 0.15) is 24.6 Å². The van der Waals surface area contributed by atoms with Crippen LogP contribution < -0.4 is 5.32 Å². The quantitative estimate of drug-likeness (QED) is 0.358. The lowest BCUT2D eigenvalue weighted by molar-refractivity contribution is -0.385. The van der Waals surface area contributed by atoms with Gasteiger partial charge in [0.05, 0.1) is 4.92 Å². The molecule has 0 aromatic heterocycles. The number of aliphatic hydroxyl groups is 2. The molecule has 0 saturated carbocycles. The minimum absolute atomic E-state index is 0.0668. The fraction of sp³-hybridized carbons (Fsp3) is 0.240. The van der Waals surface area contributed by atoms with E-state index in [-0.39, 0.29) is 23.8 Å². The highest BCUT2D eigenvalue weighted by Gasteiger charge is 2.30. The summed E-state index contributed by atoms with van der Waals surface area (Å²) in [6.07, 6.45) is -4.21. The molecule has 0 radical (unpaired) electrons. The smallest absolute Gasteiger partial charge is 0.407 e. The van der Waals surface area contributed by atoms with Crippen LogP contribution in [0.4, 0.5) is 14.9 Å². The van der Waals surface area contributed by atoms with E-state index >= 15 is 0 Å². The zero-order valence-electron chi connectivity index (χ0n) is 18.3. The number of rotatable bonds is 7. The maximum Gasteiger partial charge on any atom is 0.407 e. The van der Waals surface area contributed by atoms with E-state index in [9.17, 15) is 29.5 Å². The van der Waals surface area contributed by atoms with Gasteiger partial charge in [0.2, 0.25) is 0 Å². The number of benzene rings is 3. The molecule has 3 aromatic carbocycles. The molecule has 2 atom stereocenters. The number of nitro groups is 1. The Hall–Kier alpha value is -3.82. The van der Waals surface area contributed by atoms with E-state index < -0.39 is 41.1 Å². The van der Waals surface area contributed by atoms with E-state index in [1.165, 1.54) is 6.92 Å². The minimum atomic E-state index is -1.78. The first-order chi connectivity index (χ1) is 16.3. The molecule has 4 rings (SSSR count). The Bertz CT molecular complexity index is 1200. The molecular formula is C25H23FN2O6. The monoisotopic (exact) mass is 466 g/mol. The molecule has 2 unspecified atom stereocenters. The van der Waals surface area contributed by atoms with Crippen molar-refractivity contribution in [3.05, 3.63) is 98.8 Å². The summed E-state index contributed by atoms with van der Waals surface area (Å²) in [5.41, 5.74) is 3.53. The second-order valence-corrected chi connectivity index (χ2v) is 8.14. The fourth-order valence-corrected chi connectivity index (χ4v) is 4.26. The molecule has 1 amide bonds. The molecule has 0 heterocycles. The van der Waals surface area contributed by atoms with Crippen molar-refractivity contribution >= 4 is 11.8 Å². The van der Waals surface area contributed by atoms with Gasteiger partial charge in [-0.2, -0.15) is 0 Å². The number of carbonyl (C=O) groups is 1. The number of nitrogens with one attached hydrogen (secondary N) is 1. The molecule has 34 heavy (non-hydrogen) atoms. The molecule has 176 valence electrons. The topological polar surface area (TPSA) is 122 Å². The Morgan fingerprint density at radius 2 is 1.71 bits per heavy atom. The van der Waals surface area contributed by atoms with Crippen LogP contribution in [0.3, 0.4) is 0 Å². The van der Waals surface area contributed by atoms with Gasteiger partial charge in [-0.05, 0) is 35.2 Å². The van der Waals surface area contributed by atoms with Gasteiger partial charge >= 0.3 is 6.09 Å². The lowest BCUT2D eigenvalue weighted by Crippen LogP contribution is -2.36. The molecule has 0 spiro atoms. The summed E-state index contributed by atoms with van der Waals surface area (Å²) in [5.74, 6) is -1.04. The second-order valence-electron chi connectivity index (χ2n) is 8.14. The van der Waals surface area contributed by atoms with Gasteiger partial charge in [0, 0.05) is 29.7 Å². The number of amides is 1. The van der Waals surface area contributed by atoms with E-state index in [1.54, 1.807) is 0 Å². The fourth-order valence-electron chi connectivity index (χ4n) is 4.26. The Morgan fingerprint density at radius 1 is 1.12 bits per heavy atom. The molecule has 1 aliphatic carbocycles. The predicted molar refractivity (Wildman–Crippen MR) is 122 cm³/mol. The highest BCUT2D eigenvalue weighted by Crippen LogP contribution is 2.44. The van der Waals surface area contributed by atoms with Crippen LogP contribution in [-0.4, -0.2) is 40.5 Å². The molecule has 0 aliphatic heterocycles. The third-order valence-electron chi connectivity index (χ3n) is 5.99. The molecule has 8 nitrogen and oxygen atoms in total. The van der Waals surface area contributed by atoms with Gasteiger partial charge in [-0.25, -0.2) is 9.18 Å².